The quantitative estimate of drug-likeness (QED) is 0.440. The van der Waals surface area contributed by atoms with E-state index in [0.717, 1.165) is 5.56 Å². The number of imidazole rings is 1. The predicted octanol–water partition coefficient (Wildman–Crippen LogP) is 4.17. The maximum Gasteiger partial charge on any atom is 0.343 e. The number of benzene rings is 2. The van der Waals surface area contributed by atoms with Crippen LogP contribution in [0.2, 0.25) is 0 Å². The van der Waals surface area contributed by atoms with Crippen molar-refractivity contribution in [1.82, 2.24) is 14.1 Å². The standard InChI is InChI=1S/C24H22FN3O3/c1-3-27-14-19(24(30)31-4-2)23(29)18-12-20(25)17(13-21(18)27)22(28-11-10-26-15-28)16-8-6-5-7-9-16/h5-15,22H,3-4H2,1-2H3. The van der Waals surface area contributed by atoms with E-state index in [1.165, 1.54) is 12.3 Å². The number of rotatable bonds is 6. The highest BCUT2D eigenvalue weighted by atomic mass is 19.1. The topological polar surface area (TPSA) is 66.1 Å². The van der Waals surface area contributed by atoms with Gasteiger partial charge in [-0.3, -0.25) is 4.79 Å². The molecule has 0 amide bonds. The average molecular weight is 419 g/mol. The first-order valence-corrected chi connectivity index (χ1v) is 10.1. The highest BCUT2D eigenvalue weighted by Crippen LogP contribution is 2.31. The minimum atomic E-state index is -0.707. The molecule has 6 nitrogen and oxygen atoms in total. The number of ether oxygens (including phenoxy) is 1. The van der Waals surface area contributed by atoms with Gasteiger partial charge < -0.3 is 13.9 Å². The van der Waals surface area contributed by atoms with Gasteiger partial charge in [-0.2, -0.15) is 0 Å². The first-order chi connectivity index (χ1) is 15.0. The molecule has 0 spiro atoms. The molecule has 4 aromatic rings. The van der Waals surface area contributed by atoms with Crippen LogP contribution in [0.25, 0.3) is 10.9 Å². The Balaban J connectivity index is 1.97. The summed E-state index contributed by atoms with van der Waals surface area (Å²) in [6.07, 6.45) is 6.54. The second-order valence-corrected chi connectivity index (χ2v) is 7.09. The van der Waals surface area contributed by atoms with Gasteiger partial charge in [-0.25, -0.2) is 14.2 Å². The summed E-state index contributed by atoms with van der Waals surface area (Å²) in [6.45, 7) is 4.21. The smallest absolute Gasteiger partial charge is 0.343 e. The Hall–Kier alpha value is -3.74. The zero-order valence-corrected chi connectivity index (χ0v) is 17.3. The van der Waals surface area contributed by atoms with Crippen LogP contribution in [0.4, 0.5) is 4.39 Å². The van der Waals surface area contributed by atoms with Crippen LogP contribution in [0.1, 0.15) is 41.4 Å². The Morgan fingerprint density at radius 1 is 1.19 bits per heavy atom. The summed E-state index contributed by atoms with van der Waals surface area (Å²) in [4.78, 5) is 29.3. The number of halogens is 1. The van der Waals surface area contributed by atoms with Crippen LogP contribution in [-0.4, -0.2) is 26.7 Å². The summed E-state index contributed by atoms with van der Waals surface area (Å²) in [6, 6.07) is 12.0. The van der Waals surface area contributed by atoms with E-state index in [0.29, 0.717) is 17.6 Å². The largest absolute Gasteiger partial charge is 0.462 e. The lowest BCUT2D eigenvalue weighted by atomic mass is 9.96. The van der Waals surface area contributed by atoms with Crippen molar-refractivity contribution in [3.05, 3.63) is 100 Å². The number of fused-ring (bicyclic) bond motifs is 1. The first-order valence-electron chi connectivity index (χ1n) is 10.1. The normalized spacial score (nSPS) is 12.1. The van der Waals surface area contributed by atoms with E-state index in [1.807, 2.05) is 41.8 Å². The second-order valence-electron chi connectivity index (χ2n) is 7.09. The molecule has 158 valence electrons. The van der Waals surface area contributed by atoms with Crippen LogP contribution >= 0.6 is 0 Å². The second kappa shape index (κ2) is 8.55. The third-order valence-electron chi connectivity index (χ3n) is 5.27. The lowest BCUT2D eigenvalue weighted by Gasteiger charge is -2.22. The van der Waals surface area contributed by atoms with Gasteiger partial charge in [-0.15, -0.1) is 0 Å². The Bertz CT molecular complexity index is 1280. The van der Waals surface area contributed by atoms with E-state index >= 15 is 4.39 Å². The zero-order chi connectivity index (χ0) is 22.0. The van der Waals surface area contributed by atoms with Gasteiger partial charge in [0.25, 0.3) is 0 Å². The molecular weight excluding hydrogens is 397 g/mol. The first kappa shape index (κ1) is 20.5. The van der Waals surface area contributed by atoms with Crippen molar-refractivity contribution in [2.75, 3.05) is 6.61 Å². The molecule has 0 aliphatic carbocycles. The number of pyridine rings is 1. The third-order valence-corrected chi connectivity index (χ3v) is 5.27. The average Bonchev–Trinajstić information content (AvgIpc) is 3.30. The molecule has 4 rings (SSSR count). The molecule has 0 saturated heterocycles. The summed E-state index contributed by atoms with van der Waals surface area (Å²) in [5.41, 5.74) is 1.20. The van der Waals surface area contributed by atoms with Gasteiger partial charge >= 0.3 is 5.97 Å². The number of esters is 1. The SMILES string of the molecule is CCOC(=O)c1cn(CC)c2cc(C(c3ccccc3)n3ccnc3)c(F)cc2c1=O. The van der Waals surface area contributed by atoms with Crippen molar-refractivity contribution in [2.45, 2.75) is 26.4 Å². The van der Waals surface area contributed by atoms with E-state index in [4.69, 9.17) is 4.74 Å². The van der Waals surface area contributed by atoms with Gasteiger partial charge in [0, 0.05) is 36.1 Å². The predicted molar refractivity (Wildman–Crippen MR) is 116 cm³/mol. The van der Waals surface area contributed by atoms with Gasteiger partial charge in [0.15, 0.2) is 0 Å². The van der Waals surface area contributed by atoms with Gasteiger partial charge in [0.05, 0.1) is 24.5 Å². The zero-order valence-electron chi connectivity index (χ0n) is 17.3. The molecule has 0 aliphatic heterocycles. The van der Waals surface area contributed by atoms with Crippen LogP contribution in [0, 0.1) is 5.82 Å². The van der Waals surface area contributed by atoms with Crippen molar-refractivity contribution >= 4 is 16.9 Å². The Labute approximate surface area is 178 Å². The minimum Gasteiger partial charge on any atom is -0.462 e. The molecule has 2 aromatic heterocycles. The van der Waals surface area contributed by atoms with Gasteiger partial charge in [-0.05, 0) is 31.5 Å². The molecule has 0 bridgehead atoms. The molecule has 0 fully saturated rings. The van der Waals surface area contributed by atoms with Gasteiger partial charge in [0.1, 0.15) is 11.4 Å². The summed E-state index contributed by atoms with van der Waals surface area (Å²) >= 11 is 0. The number of carbonyl (C=O) groups is 1. The Morgan fingerprint density at radius 3 is 2.61 bits per heavy atom. The fraction of sp³-hybridized carbons (Fsp3) is 0.208. The lowest BCUT2D eigenvalue weighted by molar-refractivity contribution is 0.0524. The van der Waals surface area contributed by atoms with Crippen LogP contribution in [0.15, 0.2) is 72.2 Å². The molecule has 1 atom stereocenters. The van der Waals surface area contributed by atoms with Crippen molar-refractivity contribution in [2.24, 2.45) is 0 Å². The van der Waals surface area contributed by atoms with E-state index in [2.05, 4.69) is 4.98 Å². The number of aromatic nitrogens is 3. The van der Waals surface area contributed by atoms with E-state index in [1.54, 1.807) is 36.3 Å². The molecule has 0 aliphatic rings. The molecule has 2 aromatic carbocycles. The number of carbonyl (C=O) groups excluding carboxylic acids is 1. The summed E-state index contributed by atoms with van der Waals surface area (Å²) in [7, 11) is 0. The molecule has 0 saturated carbocycles. The molecule has 0 N–H and O–H groups in total. The molecule has 0 radical (unpaired) electrons. The number of hydrogen-bond acceptors (Lipinski definition) is 4. The lowest BCUT2D eigenvalue weighted by Crippen LogP contribution is -2.21. The number of nitrogens with zero attached hydrogens (tertiary/aromatic N) is 3. The molecule has 1 unspecified atom stereocenters. The molecule has 7 heteroatoms. The Morgan fingerprint density at radius 2 is 1.97 bits per heavy atom. The van der Waals surface area contributed by atoms with E-state index in [-0.39, 0.29) is 17.6 Å². The van der Waals surface area contributed by atoms with Crippen molar-refractivity contribution < 1.29 is 13.9 Å². The van der Waals surface area contributed by atoms with Crippen LogP contribution in [-0.2, 0) is 11.3 Å². The maximum absolute atomic E-state index is 15.4. The molecule has 2 heterocycles. The summed E-state index contributed by atoms with van der Waals surface area (Å²) < 4.78 is 24.0. The van der Waals surface area contributed by atoms with Crippen molar-refractivity contribution in [1.29, 1.82) is 0 Å². The molecule has 31 heavy (non-hydrogen) atoms. The summed E-state index contributed by atoms with van der Waals surface area (Å²) in [5, 5.41) is 0.145. The highest BCUT2D eigenvalue weighted by molar-refractivity contribution is 5.94. The van der Waals surface area contributed by atoms with Gasteiger partial charge in [-0.1, -0.05) is 30.3 Å². The van der Waals surface area contributed by atoms with E-state index < -0.39 is 23.3 Å². The number of hydrogen-bond donors (Lipinski definition) is 0. The molecular formula is C24H22FN3O3. The fourth-order valence-electron chi connectivity index (χ4n) is 3.82. The van der Waals surface area contributed by atoms with Crippen LogP contribution in [0.3, 0.4) is 0 Å². The summed E-state index contributed by atoms with van der Waals surface area (Å²) in [5.74, 6) is -1.24. The number of aryl methyl sites for hydroxylation is 1. The van der Waals surface area contributed by atoms with Crippen molar-refractivity contribution in [3.8, 4) is 0 Å². The Kier molecular flexibility index (Phi) is 5.66. The highest BCUT2D eigenvalue weighted by Gasteiger charge is 2.23. The fourth-order valence-corrected chi connectivity index (χ4v) is 3.82. The minimum absolute atomic E-state index is 0.0995. The van der Waals surface area contributed by atoms with Crippen LogP contribution in [0.5, 0.6) is 0 Å². The van der Waals surface area contributed by atoms with Crippen molar-refractivity contribution in [3.63, 3.8) is 0 Å². The third kappa shape index (κ3) is 3.74. The van der Waals surface area contributed by atoms with Crippen LogP contribution < -0.4 is 5.43 Å². The maximum atomic E-state index is 15.4. The van der Waals surface area contributed by atoms with Gasteiger partial charge in [0.2, 0.25) is 5.43 Å². The van der Waals surface area contributed by atoms with E-state index in [9.17, 15) is 9.59 Å². The monoisotopic (exact) mass is 419 g/mol.